The second-order valence-corrected chi connectivity index (χ2v) is 6.99. The molecule has 0 unspecified atom stereocenters. The fraction of sp³-hybridized carbons (Fsp3) is 0.118. The number of nitrogens with one attached hydrogen (secondary N) is 1. The molecule has 0 aliphatic heterocycles. The van der Waals surface area contributed by atoms with E-state index in [4.69, 9.17) is 0 Å². The van der Waals surface area contributed by atoms with Gasteiger partial charge >= 0.3 is 0 Å². The first-order valence-electron chi connectivity index (χ1n) is 7.21. The van der Waals surface area contributed by atoms with Crippen LogP contribution < -0.4 is 4.72 Å². The Kier molecular flexibility index (Phi) is 4.27. The van der Waals surface area contributed by atoms with E-state index in [1.165, 1.54) is 0 Å². The number of benzene rings is 2. The monoisotopic (exact) mass is 327 g/mol. The van der Waals surface area contributed by atoms with Gasteiger partial charge in [0.05, 0.1) is 22.8 Å². The van der Waals surface area contributed by atoms with Crippen LogP contribution in [0.5, 0.6) is 0 Å². The van der Waals surface area contributed by atoms with Gasteiger partial charge in [-0.05, 0) is 37.3 Å². The van der Waals surface area contributed by atoms with Gasteiger partial charge in [-0.25, -0.2) is 17.8 Å². The summed E-state index contributed by atoms with van der Waals surface area (Å²) in [6.45, 7) is 2.07. The van der Waals surface area contributed by atoms with Crippen molar-refractivity contribution in [1.29, 1.82) is 0 Å². The van der Waals surface area contributed by atoms with Crippen molar-refractivity contribution in [2.75, 3.05) is 0 Å². The van der Waals surface area contributed by atoms with Crippen LogP contribution in [0.1, 0.15) is 11.3 Å². The smallest absolute Gasteiger partial charge is 0.240 e. The molecule has 0 saturated carbocycles. The van der Waals surface area contributed by atoms with Crippen LogP contribution in [-0.2, 0) is 16.6 Å². The van der Waals surface area contributed by atoms with Gasteiger partial charge in [0.25, 0.3) is 0 Å². The molecule has 3 rings (SSSR count). The largest absolute Gasteiger partial charge is 0.241 e. The zero-order valence-corrected chi connectivity index (χ0v) is 13.5. The molecule has 0 spiro atoms. The van der Waals surface area contributed by atoms with Crippen molar-refractivity contribution in [1.82, 2.24) is 14.5 Å². The van der Waals surface area contributed by atoms with Gasteiger partial charge in [-0.3, -0.25) is 0 Å². The molecular formula is C17H17N3O2S. The summed E-state index contributed by atoms with van der Waals surface area (Å²) in [5.41, 5.74) is 2.61. The number of para-hydroxylation sites is 1. The van der Waals surface area contributed by atoms with Gasteiger partial charge < -0.3 is 0 Å². The van der Waals surface area contributed by atoms with Gasteiger partial charge in [-0.1, -0.05) is 35.9 Å². The van der Waals surface area contributed by atoms with Gasteiger partial charge in [-0.15, -0.1) is 0 Å². The average molecular weight is 327 g/mol. The zero-order valence-electron chi connectivity index (χ0n) is 12.7. The molecule has 118 valence electrons. The topological polar surface area (TPSA) is 64.0 Å². The fourth-order valence-electron chi connectivity index (χ4n) is 2.15. The Bertz CT molecular complexity index is 885. The summed E-state index contributed by atoms with van der Waals surface area (Å²) in [6.07, 6.45) is 1.81. The van der Waals surface area contributed by atoms with E-state index < -0.39 is 10.0 Å². The Morgan fingerprint density at radius 1 is 1.00 bits per heavy atom. The minimum absolute atomic E-state index is 0.149. The van der Waals surface area contributed by atoms with E-state index in [1.54, 1.807) is 35.0 Å². The minimum atomic E-state index is -3.53. The average Bonchev–Trinajstić information content (AvgIpc) is 3.03. The first-order valence-corrected chi connectivity index (χ1v) is 8.69. The van der Waals surface area contributed by atoms with Crippen LogP contribution in [0.25, 0.3) is 5.69 Å². The molecule has 0 fully saturated rings. The number of rotatable bonds is 5. The molecule has 0 amide bonds. The van der Waals surface area contributed by atoms with Crippen molar-refractivity contribution in [2.24, 2.45) is 0 Å². The predicted octanol–water partition coefficient (Wildman–Crippen LogP) is 2.66. The normalized spacial score (nSPS) is 11.5. The second-order valence-electron chi connectivity index (χ2n) is 5.22. The van der Waals surface area contributed by atoms with E-state index in [9.17, 15) is 8.42 Å². The summed E-state index contributed by atoms with van der Waals surface area (Å²) in [5.74, 6) is 0. The molecule has 23 heavy (non-hydrogen) atoms. The van der Waals surface area contributed by atoms with E-state index in [2.05, 4.69) is 9.82 Å². The summed E-state index contributed by atoms with van der Waals surface area (Å²) in [6, 6.07) is 18.2. The number of nitrogens with zero attached hydrogens (tertiary/aromatic N) is 2. The summed E-state index contributed by atoms with van der Waals surface area (Å²) in [5, 5.41) is 4.38. The second kappa shape index (κ2) is 6.36. The first-order chi connectivity index (χ1) is 11.0. The van der Waals surface area contributed by atoms with Gasteiger partial charge in [0.2, 0.25) is 10.0 Å². The predicted molar refractivity (Wildman–Crippen MR) is 88.8 cm³/mol. The summed E-state index contributed by atoms with van der Waals surface area (Å²) in [4.78, 5) is 0.255. The molecule has 1 aromatic heterocycles. The quantitative estimate of drug-likeness (QED) is 0.783. The number of aryl methyl sites for hydroxylation is 1. The van der Waals surface area contributed by atoms with Crippen molar-refractivity contribution >= 4 is 10.0 Å². The number of hydrogen-bond donors (Lipinski definition) is 1. The van der Waals surface area contributed by atoms with E-state index in [1.807, 2.05) is 43.5 Å². The summed E-state index contributed by atoms with van der Waals surface area (Å²) >= 11 is 0. The van der Waals surface area contributed by atoms with Crippen LogP contribution in [0, 0.1) is 6.92 Å². The maximum Gasteiger partial charge on any atom is 0.240 e. The highest BCUT2D eigenvalue weighted by Crippen LogP contribution is 2.11. The molecule has 1 heterocycles. The first kappa shape index (κ1) is 15.5. The molecular weight excluding hydrogens is 310 g/mol. The zero-order chi connectivity index (χ0) is 16.3. The Labute approximate surface area is 135 Å². The molecule has 0 radical (unpaired) electrons. The lowest BCUT2D eigenvalue weighted by Gasteiger charge is -2.05. The van der Waals surface area contributed by atoms with Gasteiger partial charge in [0, 0.05) is 6.20 Å². The van der Waals surface area contributed by atoms with Crippen LogP contribution >= 0.6 is 0 Å². The maximum atomic E-state index is 12.2. The van der Waals surface area contributed by atoms with E-state index in [-0.39, 0.29) is 11.4 Å². The molecule has 6 heteroatoms. The molecule has 0 atom stereocenters. The fourth-order valence-corrected chi connectivity index (χ4v) is 3.15. The lowest BCUT2D eigenvalue weighted by atomic mass is 10.2. The maximum absolute atomic E-state index is 12.2. The van der Waals surface area contributed by atoms with Crippen molar-refractivity contribution in [3.8, 4) is 5.69 Å². The highest BCUT2D eigenvalue weighted by atomic mass is 32.2. The summed E-state index contributed by atoms with van der Waals surface area (Å²) in [7, 11) is -3.53. The lowest BCUT2D eigenvalue weighted by molar-refractivity contribution is 0.580. The van der Waals surface area contributed by atoms with Crippen molar-refractivity contribution in [3.63, 3.8) is 0 Å². The Hall–Kier alpha value is -2.44. The highest BCUT2D eigenvalue weighted by molar-refractivity contribution is 7.89. The molecule has 0 aliphatic rings. The standard InChI is InChI=1S/C17H17N3O2S/c1-14-7-9-17(10-8-14)23(21,22)18-13-15-11-12-20(19-15)16-5-3-2-4-6-16/h2-12,18H,13H2,1H3. The summed E-state index contributed by atoms with van der Waals surface area (Å²) < 4.78 is 28.8. The molecule has 5 nitrogen and oxygen atoms in total. The van der Waals surface area contributed by atoms with E-state index >= 15 is 0 Å². The van der Waals surface area contributed by atoms with Crippen molar-refractivity contribution < 1.29 is 8.42 Å². The Balaban J connectivity index is 1.71. The SMILES string of the molecule is Cc1ccc(S(=O)(=O)NCc2ccn(-c3ccccc3)n2)cc1. The number of aromatic nitrogens is 2. The molecule has 2 aromatic carbocycles. The molecule has 3 aromatic rings. The molecule has 0 aliphatic carbocycles. The number of hydrogen-bond acceptors (Lipinski definition) is 3. The molecule has 0 bridgehead atoms. The van der Waals surface area contributed by atoms with E-state index in [0.717, 1.165) is 11.3 Å². The highest BCUT2D eigenvalue weighted by Gasteiger charge is 2.14. The lowest BCUT2D eigenvalue weighted by Crippen LogP contribution is -2.23. The van der Waals surface area contributed by atoms with Gasteiger partial charge in [-0.2, -0.15) is 5.10 Å². The van der Waals surface area contributed by atoms with Crippen LogP contribution in [0.15, 0.2) is 71.8 Å². The molecule has 0 saturated heterocycles. The minimum Gasteiger partial charge on any atom is -0.241 e. The Morgan fingerprint density at radius 2 is 1.70 bits per heavy atom. The third kappa shape index (κ3) is 3.67. The van der Waals surface area contributed by atoms with Crippen LogP contribution in [0.2, 0.25) is 0 Å². The number of sulfonamides is 1. The van der Waals surface area contributed by atoms with Crippen LogP contribution in [0.3, 0.4) is 0 Å². The Morgan fingerprint density at radius 3 is 2.39 bits per heavy atom. The third-order valence-corrected chi connectivity index (χ3v) is 4.86. The van der Waals surface area contributed by atoms with Gasteiger partial charge in [0.1, 0.15) is 0 Å². The van der Waals surface area contributed by atoms with Crippen molar-refractivity contribution in [3.05, 3.63) is 78.1 Å². The van der Waals surface area contributed by atoms with E-state index in [0.29, 0.717) is 5.69 Å². The molecule has 1 N–H and O–H groups in total. The van der Waals surface area contributed by atoms with Gasteiger partial charge in [0.15, 0.2) is 0 Å². The third-order valence-electron chi connectivity index (χ3n) is 3.44. The van der Waals surface area contributed by atoms with Crippen LogP contribution in [-0.4, -0.2) is 18.2 Å². The van der Waals surface area contributed by atoms with Crippen molar-refractivity contribution in [2.45, 2.75) is 18.4 Å². The van der Waals surface area contributed by atoms with Crippen LogP contribution in [0.4, 0.5) is 0 Å².